The van der Waals surface area contributed by atoms with E-state index in [0.717, 1.165) is 11.4 Å². The second kappa shape index (κ2) is 4.52. The van der Waals surface area contributed by atoms with Gasteiger partial charge in [-0.25, -0.2) is 0 Å². The van der Waals surface area contributed by atoms with Crippen LogP contribution in [0.15, 0.2) is 36.4 Å². The smallest absolute Gasteiger partial charge is 0.0659 e. The second-order valence-electron chi connectivity index (χ2n) is 4.61. The molecule has 0 fully saturated rings. The van der Waals surface area contributed by atoms with Gasteiger partial charge in [-0.2, -0.15) is 5.10 Å². The summed E-state index contributed by atoms with van der Waals surface area (Å²) in [6.45, 7) is 6.67. The number of nitrogens with one attached hydrogen (secondary N) is 1. The molecule has 84 valence electrons. The zero-order valence-corrected chi connectivity index (χ0v) is 10.1. The zero-order valence-electron chi connectivity index (χ0n) is 10.1. The Morgan fingerprint density at radius 1 is 1.06 bits per heavy atom. The molecule has 2 nitrogen and oxygen atoms in total. The van der Waals surface area contributed by atoms with Crippen molar-refractivity contribution in [2.45, 2.75) is 26.7 Å². The Balaban J connectivity index is 2.27. The minimum Gasteiger partial charge on any atom is -0.278 e. The number of hydrogen-bond donors (Lipinski definition) is 1. The molecule has 2 aromatic rings. The molecule has 0 bridgehead atoms. The highest BCUT2D eigenvalue weighted by molar-refractivity contribution is 5.59. The average Bonchev–Trinajstić information content (AvgIpc) is 2.78. The third-order valence-corrected chi connectivity index (χ3v) is 3.15. The third-order valence-electron chi connectivity index (χ3n) is 3.15. The number of benzene rings is 1. The van der Waals surface area contributed by atoms with Crippen molar-refractivity contribution >= 4 is 0 Å². The maximum Gasteiger partial charge on any atom is 0.0659 e. The van der Waals surface area contributed by atoms with Crippen LogP contribution in [0.4, 0.5) is 0 Å². The number of hydrogen-bond acceptors (Lipinski definition) is 1. The monoisotopic (exact) mass is 214 g/mol. The molecule has 0 saturated heterocycles. The van der Waals surface area contributed by atoms with Crippen LogP contribution in [0.1, 0.15) is 32.4 Å². The summed E-state index contributed by atoms with van der Waals surface area (Å²) in [5.41, 5.74) is 3.44. The lowest BCUT2D eigenvalue weighted by Gasteiger charge is -2.11. The Morgan fingerprint density at radius 3 is 2.38 bits per heavy atom. The van der Waals surface area contributed by atoms with Crippen LogP contribution in [0, 0.1) is 5.92 Å². The van der Waals surface area contributed by atoms with Crippen molar-refractivity contribution in [3.05, 3.63) is 42.1 Å². The van der Waals surface area contributed by atoms with Gasteiger partial charge in [-0.3, -0.25) is 5.10 Å². The van der Waals surface area contributed by atoms with Gasteiger partial charge in [0.25, 0.3) is 0 Å². The van der Waals surface area contributed by atoms with Crippen LogP contribution in [0.2, 0.25) is 0 Å². The average molecular weight is 214 g/mol. The lowest BCUT2D eigenvalue weighted by molar-refractivity contribution is 0.522. The highest BCUT2D eigenvalue weighted by atomic mass is 15.1. The summed E-state index contributed by atoms with van der Waals surface area (Å²) in [6, 6.07) is 12.5. The molecule has 0 saturated carbocycles. The molecular weight excluding hydrogens is 196 g/mol. The number of nitrogens with zero attached hydrogens (tertiary/aromatic N) is 1. The summed E-state index contributed by atoms with van der Waals surface area (Å²) in [7, 11) is 0. The second-order valence-corrected chi connectivity index (χ2v) is 4.61. The van der Waals surface area contributed by atoms with Crippen molar-refractivity contribution in [3.63, 3.8) is 0 Å². The van der Waals surface area contributed by atoms with E-state index in [-0.39, 0.29) is 0 Å². The Hall–Kier alpha value is -1.57. The van der Waals surface area contributed by atoms with E-state index >= 15 is 0 Å². The van der Waals surface area contributed by atoms with E-state index in [0.29, 0.717) is 11.8 Å². The van der Waals surface area contributed by atoms with E-state index in [4.69, 9.17) is 0 Å². The Morgan fingerprint density at radius 2 is 1.75 bits per heavy atom. The molecule has 0 aliphatic carbocycles. The molecule has 1 atom stereocenters. The van der Waals surface area contributed by atoms with Crippen molar-refractivity contribution in [2.24, 2.45) is 5.92 Å². The van der Waals surface area contributed by atoms with E-state index in [1.807, 2.05) is 18.2 Å². The van der Waals surface area contributed by atoms with E-state index in [9.17, 15) is 0 Å². The quantitative estimate of drug-likeness (QED) is 0.826. The van der Waals surface area contributed by atoms with Gasteiger partial charge in [0, 0.05) is 5.92 Å². The molecule has 0 radical (unpaired) electrons. The molecule has 2 rings (SSSR count). The Bertz CT molecular complexity index is 443. The predicted molar refractivity (Wildman–Crippen MR) is 67.3 cm³/mol. The number of H-pyrrole nitrogens is 1. The predicted octanol–water partition coefficient (Wildman–Crippen LogP) is 3.84. The van der Waals surface area contributed by atoms with Gasteiger partial charge >= 0.3 is 0 Å². The van der Waals surface area contributed by atoms with Gasteiger partial charge in [0.05, 0.1) is 11.4 Å². The summed E-state index contributed by atoms with van der Waals surface area (Å²) in [5.74, 6) is 1.11. The van der Waals surface area contributed by atoms with Gasteiger partial charge in [0.1, 0.15) is 0 Å². The highest BCUT2D eigenvalue weighted by Gasteiger charge is 2.13. The van der Waals surface area contributed by atoms with Gasteiger partial charge in [-0.05, 0) is 17.5 Å². The first-order valence-corrected chi connectivity index (χ1v) is 5.79. The van der Waals surface area contributed by atoms with E-state index in [2.05, 4.69) is 49.2 Å². The van der Waals surface area contributed by atoms with Crippen LogP contribution in [-0.4, -0.2) is 10.2 Å². The van der Waals surface area contributed by atoms with E-state index < -0.39 is 0 Å². The zero-order chi connectivity index (χ0) is 11.5. The number of aromatic nitrogens is 2. The Labute approximate surface area is 96.7 Å². The lowest BCUT2D eigenvalue weighted by atomic mass is 9.94. The fourth-order valence-electron chi connectivity index (χ4n) is 1.68. The van der Waals surface area contributed by atoms with E-state index in [1.54, 1.807) is 0 Å². The molecule has 0 aliphatic rings. The molecule has 2 heteroatoms. The minimum absolute atomic E-state index is 0.494. The molecule has 0 amide bonds. The maximum atomic E-state index is 4.39. The molecule has 1 unspecified atom stereocenters. The fraction of sp³-hybridized carbons (Fsp3) is 0.357. The van der Waals surface area contributed by atoms with Gasteiger partial charge in [0.2, 0.25) is 0 Å². The van der Waals surface area contributed by atoms with Crippen LogP contribution in [0.3, 0.4) is 0 Å². The fourth-order valence-corrected chi connectivity index (χ4v) is 1.68. The molecule has 0 spiro atoms. The molecular formula is C14H18N2. The summed E-state index contributed by atoms with van der Waals surface area (Å²) < 4.78 is 0. The SMILES string of the molecule is CC(C)C(C)c1cc(-c2ccccc2)[nH]n1. The molecule has 1 N–H and O–H groups in total. The summed E-state index contributed by atoms with van der Waals surface area (Å²) in [4.78, 5) is 0. The molecule has 1 aromatic carbocycles. The van der Waals surface area contributed by atoms with Crippen molar-refractivity contribution < 1.29 is 0 Å². The molecule has 0 aliphatic heterocycles. The van der Waals surface area contributed by atoms with Crippen molar-refractivity contribution in [2.75, 3.05) is 0 Å². The van der Waals surface area contributed by atoms with Gasteiger partial charge in [0.15, 0.2) is 0 Å². The highest BCUT2D eigenvalue weighted by Crippen LogP contribution is 2.25. The first kappa shape index (κ1) is 10.9. The number of rotatable bonds is 3. The standard InChI is InChI=1S/C14H18N2/c1-10(2)11(3)13-9-14(16-15-13)12-7-5-4-6-8-12/h4-11H,1-3H3,(H,15,16). The van der Waals surface area contributed by atoms with Crippen molar-refractivity contribution in [1.82, 2.24) is 10.2 Å². The van der Waals surface area contributed by atoms with Gasteiger partial charge in [-0.1, -0.05) is 51.1 Å². The Kier molecular flexibility index (Phi) is 3.09. The van der Waals surface area contributed by atoms with Crippen LogP contribution >= 0.6 is 0 Å². The van der Waals surface area contributed by atoms with E-state index in [1.165, 1.54) is 5.56 Å². The molecule has 16 heavy (non-hydrogen) atoms. The summed E-state index contributed by atoms with van der Waals surface area (Å²) in [5, 5.41) is 7.50. The molecule has 1 heterocycles. The number of aromatic amines is 1. The van der Waals surface area contributed by atoms with Gasteiger partial charge in [-0.15, -0.1) is 0 Å². The van der Waals surface area contributed by atoms with Gasteiger partial charge < -0.3 is 0 Å². The van der Waals surface area contributed by atoms with Crippen molar-refractivity contribution in [1.29, 1.82) is 0 Å². The summed E-state index contributed by atoms with van der Waals surface area (Å²) >= 11 is 0. The first-order valence-electron chi connectivity index (χ1n) is 5.79. The minimum atomic E-state index is 0.494. The van der Waals surface area contributed by atoms with Crippen LogP contribution < -0.4 is 0 Å². The summed E-state index contributed by atoms with van der Waals surface area (Å²) in [6.07, 6.45) is 0. The molecule has 1 aromatic heterocycles. The third kappa shape index (κ3) is 2.16. The van der Waals surface area contributed by atoms with Crippen LogP contribution in [0.5, 0.6) is 0 Å². The largest absolute Gasteiger partial charge is 0.278 e. The van der Waals surface area contributed by atoms with Crippen LogP contribution in [0.25, 0.3) is 11.3 Å². The topological polar surface area (TPSA) is 28.7 Å². The van der Waals surface area contributed by atoms with Crippen LogP contribution in [-0.2, 0) is 0 Å². The van der Waals surface area contributed by atoms with Crippen molar-refractivity contribution in [3.8, 4) is 11.3 Å². The normalized spacial score (nSPS) is 13.0. The maximum absolute atomic E-state index is 4.39. The lowest BCUT2D eigenvalue weighted by Crippen LogP contribution is -2.01. The first-order chi connectivity index (χ1) is 7.68.